The Bertz CT molecular complexity index is 837. The van der Waals surface area contributed by atoms with Crippen LogP contribution in [0.15, 0.2) is 39.9 Å². The first-order chi connectivity index (χ1) is 12.2. The number of hydrogen-bond donors (Lipinski definition) is 0. The highest BCUT2D eigenvalue weighted by molar-refractivity contribution is 7.91. The molecule has 0 unspecified atom stereocenters. The molecule has 0 aliphatic heterocycles. The highest BCUT2D eigenvalue weighted by atomic mass is 35.5. The number of hydrogen-bond acceptors (Lipinski definition) is 4. The minimum Gasteiger partial charge on any atom is -0.341 e. The number of thiophene rings is 1. The molecule has 0 spiro atoms. The van der Waals surface area contributed by atoms with E-state index in [1.54, 1.807) is 30.6 Å². The molecule has 0 bridgehead atoms. The summed E-state index contributed by atoms with van der Waals surface area (Å²) in [5.41, 5.74) is 0.266. The molecular weight excluding hydrogens is 399 g/mol. The monoisotopic (exact) mass is 418 g/mol. The van der Waals surface area contributed by atoms with Gasteiger partial charge >= 0.3 is 0 Å². The number of nitrogens with zero attached hydrogens (tertiary/aromatic N) is 2. The Morgan fingerprint density at radius 2 is 1.96 bits per heavy atom. The SMILES string of the molecule is CN(Cc1c(F)cccc1Cl)C(=O)CCCN(C)S(=O)(=O)c1cccs1. The highest BCUT2D eigenvalue weighted by Crippen LogP contribution is 2.21. The normalized spacial score (nSPS) is 11.7. The predicted molar refractivity (Wildman–Crippen MR) is 101 cm³/mol. The minimum atomic E-state index is -3.51. The number of carbonyl (C=O) groups is 1. The Morgan fingerprint density at radius 3 is 2.58 bits per heavy atom. The number of benzene rings is 1. The molecule has 1 aromatic heterocycles. The molecule has 0 aliphatic rings. The lowest BCUT2D eigenvalue weighted by Gasteiger charge is -2.20. The number of rotatable bonds is 8. The number of carbonyl (C=O) groups excluding carboxylic acids is 1. The van der Waals surface area contributed by atoms with Gasteiger partial charge in [-0.15, -0.1) is 11.3 Å². The maximum Gasteiger partial charge on any atom is 0.252 e. The lowest BCUT2D eigenvalue weighted by atomic mass is 10.2. The quantitative estimate of drug-likeness (QED) is 0.658. The molecule has 2 rings (SSSR count). The van der Waals surface area contributed by atoms with Crippen LogP contribution in [0, 0.1) is 5.82 Å². The van der Waals surface area contributed by atoms with Gasteiger partial charge in [0.05, 0.1) is 0 Å². The Labute approximate surface area is 162 Å². The molecule has 0 saturated carbocycles. The lowest BCUT2D eigenvalue weighted by Crippen LogP contribution is -2.30. The van der Waals surface area contributed by atoms with Crippen molar-refractivity contribution in [3.63, 3.8) is 0 Å². The molecule has 2 aromatic rings. The van der Waals surface area contributed by atoms with Crippen LogP contribution in [-0.2, 0) is 21.4 Å². The van der Waals surface area contributed by atoms with Crippen molar-refractivity contribution < 1.29 is 17.6 Å². The second-order valence-corrected chi connectivity index (χ2v) is 9.44. The van der Waals surface area contributed by atoms with Crippen molar-refractivity contribution in [2.45, 2.75) is 23.6 Å². The molecule has 0 aliphatic carbocycles. The zero-order valence-corrected chi connectivity index (χ0v) is 16.9. The van der Waals surface area contributed by atoms with Crippen molar-refractivity contribution in [3.8, 4) is 0 Å². The molecule has 0 N–H and O–H groups in total. The van der Waals surface area contributed by atoms with Gasteiger partial charge in [-0.25, -0.2) is 17.1 Å². The zero-order valence-electron chi connectivity index (χ0n) is 14.5. The van der Waals surface area contributed by atoms with Gasteiger partial charge in [0.15, 0.2) is 0 Å². The van der Waals surface area contributed by atoms with Gasteiger partial charge in [0.25, 0.3) is 10.0 Å². The average molecular weight is 419 g/mol. The van der Waals surface area contributed by atoms with E-state index in [2.05, 4.69) is 0 Å². The Hall–Kier alpha value is -1.48. The van der Waals surface area contributed by atoms with Crippen LogP contribution in [0.25, 0.3) is 0 Å². The third kappa shape index (κ3) is 5.03. The van der Waals surface area contributed by atoms with E-state index in [1.165, 1.54) is 28.4 Å². The van der Waals surface area contributed by atoms with Crippen LogP contribution in [0.3, 0.4) is 0 Å². The van der Waals surface area contributed by atoms with Gasteiger partial charge in [0.1, 0.15) is 10.0 Å². The fourth-order valence-electron chi connectivity index (χ4n) is 2.34. The van der Waals surface area contributed by atoms with Gasteiger partial charge in [0.2, 0.25) is 5.91 Å². The molecule has 1 aromatic carbocycles. The second-order valence-electron chi connectivity index (χ2n) is 5.81. The highest BCUT2D eigenvalue weighted by Gasteiger charge is 2.22. The first-order valence-electron chi connectivity index (χ1n) is 7.90. The molecule has 142 valence electrons. The molecule has 0 saturated heterocycles. The van der Waals surface area contributed by atoms with Crippen LogP contribution in [0.4, 0.5) is 4.39 Å². The van der Waals surface area contributed by atoms with E-state index >= 15 is 0 Å². The number of halogens is 2. The van der Waals surface area contributed by atoms with Crippen molar-refractivity contribution in [1.29, 1.82) is 0 Å². The third-order valence-corrected chi connectivity index (χ3v) is 7.49. The van der Waals surface area contributed by atoms with Crippen molar-refractivity contribution in [2.75, 3.05) is 20.6 Å². The van der Waals surface area contributed by atoms with Gasteiger partial charge in [0, 0.05) is 44.2 Å². The van der Waals surface area contributed by atoms with E-state index in [-0.39, 0.29) is 40.2 Å². The molecule has 26 heavy (non-hydrogen) atoms. The van der Waals surface area contributed by atoms with Gasteiger partial charge in [-0.2, -0.15) is 0 Å². The Balaban J connectivity index is 1.86. The predicted octanol–water partition coefficient (Wildman–Crippen LogP) is 3.60. The standard InChI is InChI=1S/C17H20ClFN2O3S2/c1-20(12-13-14(18)6-3-7-15(13)19)16(22)8-4-10-21(2)26(23,24)17-9-5-11-25-17/h3,5-7,9,11H,4,8,10,12H2,1-2H3. The van der Waals surface area contributed by atoms with Crippen LogP contribution in [0.5, 0.6) is 0 Å². The first-order valence-corrected chi connectivity index (χ1v) is 10.6. The van der Waals surface area contributed by atoms with Crippen molar-refractivity contribution in [2.24, 2.45) is 0 Å². The summed E-state index contributed by atoms with van der Waals surface area (Å²) in [6.45, 7) is 0.286. The van der Waals surface area contributed by atoms with Crippen LogP contribution in [0.1, 0.15) is 18.4 Å². The van der Waals surface area contributed by atoms with Crippen LogP contribution >= 0.6 is 22.9 Å². The topological polar surface area (TPSA) is 57.7 Å². The third-order valence-electron chi connectivity index (χ3n) is 3.91. The van der Waals surface area contributed by atoms with Gasteiger partial charge in [-0.1, -0.05) is 23.7 Å². The molecule has 0 atom stereocenters. The summed E-state index contributed by atoms with van der Waals surface area (Å²) in [4.78, 5) is 13.6. The summed E-state index contributed by atoms with van der Waals surface area (Å²) >= 11 is 7.13. The summed E-state index contributed by atoms with van der Waals surface area (Å²) in [6, 6.07) is 7.60. The molecule has 1 heterocycles. The van der Waals surface area contributed by atoms with Crippen molar-refractivity contribution >= 4 is 38.9 Å². The van der Waals surface area contributed by atoms with Gasteiger partial charge < -0.3 is 4.90 Å². The van der Waals surface area contributed by atoms with E-state index in [0.717, 1.165) is 11.3 Å². The van der Waals surface area contributed by atoms with E-state index in [1.807, 2.05) is 0 Å². The first kappa shape index (κ1) is 20.8. The largest absolute Gasteiger partial charge is 0.341 e. The van der Waals surface area contributed by atoms with Crippen LogP contribution in [0.2, 0.25) is 5.02 Å². The Kier molecular flexibility index (Phi) is 7.16. The van der Waals surface area contributed by atoms with Crippen LogP contribution in [-0.4, -0.2) is 44.2 Å². The zero-order chi connectivity index (χ0) is 19.3. The van der Waals surface area contributed by atoms with Gasteiger partial charge in [-0.05, 0) is 30.0 Å². The van der Waals surface area contributed by atoms with Crippen molar-refractivity contribution in [3.05, 3.63) is 52.1 Å². The number of amides is 1. The molecular formula is C17H20ClFN2O3S2. The van der Waals surface area contributed by atoms with Crippen LogP contribution < -0.4 is 0 Å². The summed E-state index contributed by atoms with van der Waals surface area (Å²) < 4.78 is 39.9. The summed E-state index contributed by atoms with van der Waals surface area (Å²) in [7, 11) is -0.459. The van der Waals surface area contributed by atoms with E-state index < -0.39 is 15.8 Å². The van der Waals surface area contributed by atoms with E-state index in [0.29, 0.717) is 6.42 Å². The average Bonchev–Trinajstić information content (AvgIpc) is 3.13. The Morgan fingerprint density at radius 1 is 1.23 bits per heavy atom. The number of sulfonamides is 1. The smallest absolute Gasteiger partial charge is 0.252 e. The lowest BCUT2D eigenvalue weighted by molar-refractivity contribution is -0.130. The fourth-order valence-corrected chi connectivity index (χ4v) is 4.97. The summed E-state index contributed by atoms with van der Waals surface area (Å²) in [5, 5.41) is 1.97. The maximum atomic E-state index is 13.8. The summed E-state index contributed by atoms with van der Waals surface area (Å²) in [6.07, 6.45) is 0.530. The fraction of sp³-hybridized carbons (Fsp3) is 0.353. The maximum absolute atomic E-state index is 13.8. The molecule has 0 fully saturated rings. The molecule has 5 nitrogen and oxygen atoms in total. The molecule has 0 radical (unpaired) electrons. The summed E-state index contributed by atoms with van der Waals surface area (Å²) in [5.74, 6) is -0.662. The minimum absolute atomic E-state index is 0.0632. The van der Waals surface area contributed by atoms with Gasteiger partial charge in [-0.3, -0.25) is 4.79 Å². The molecule has 1 amide bonds. The van der Waals surface area contributed by atoms with E-state index in [4.69, 9.17) is 11.6 Å². The van der Waals surface area contributed by atoms with E-state index in [9.17, 15) is 17.6 Å². The molecule has 9 heteroatoms. The second kappa shape index (κ2) is 8.94. The van der Waals surface area contributed by atoms with Crippen molar-refractivity contribution in [1.82, 2.24) is 9.21 Å².